The number of carbonyl (C=O) groups is 1. The summed E-state index contributed by atoms with van der Waals surface area (Å²) in [6, 6.07) is 8.81. The summed E-state index contributed by atoms with van der Waals surface area (Å²) in [7, 11) is 4.60. The molecule has 0 saturated heterocycles. The van der Waals surface area contributed by atoms with Crippen LogP contribution in [0.5, 0.6) is 17.2 Å². The van der Waals surface area contributed by atoms with Gasteiger partial charge in [0.2, 0.25) is 0 Å². The van der Waals surface area contributed by atoms with Gasteiger partial charge >= 0.3 is 0 Å². The zero-order valence-corrected chi connectivity index (χ0v) is 14.9. The molecule has 0 spiro atoms. The predicted octanol–water partition coefficient (Wildman–Crippen LogP) is 3.60. The molecule has 6 heteroatoms. The third-order valence-electron chi connectivity index (χ3n) is 3.66. The molecule has 0 unspecified atom stereocenters. The van der Waals surface area contributed by atoms with E-state index in [1.54, 1.807) is 31.4 Å². The van der Waals surface area contributed by atoms with Crippen molar-refractivity contribution in [2.45, 2.75) is 13.5 Å². The van der Waals surface area contributed by atoms with Gasteiger partial charge in [0.25, 0.3) is 5.91 Å². The van der Waals surface area contributed by atoms with E-state index in [0.717, 1.165) is 11.1 Å². The molecule has 1 amide bonds. The highest BCUT2D eigenvalue weighted by Gasteiger charge is 2.18. The van der Waals surface area contributed by atoms with E-state index in [4.69, 9.17) is 25.8 Å². The quantitative estimate of drug-likeness (QED) is 0.865. The monoisotopic (exact) mass is 349 g/mol. The van der Waals surface area contributed by atoms with Crippen molar-refractivity contribution in [2.24, 2.45) is 0 Å². The predicted molar refractivity (Wildman–Crippen MR) is 93.5 cm³/mol. The van der Waals surface area contributed by atoms with E-state index < -0.39 is 0 Å². The standard InChI is InChI=1S/C18H20ClNO4/c1-11-8-16(24-4)12(9-13(11)19)10-20-18(21)17-14(22-2)6-5-7-15(17)23-3/h5-9H,10H2,1-4H3,(H,20,21). The molecule has 0 aliphatic carbocycles. The summed E-state index contributed by atoms with van der Waals surface area (Å²) >= 11 is 6.16. The maximum Gasteiger partial charge on any atom is 0.259 e. The average molecular weight is 350 g/mol. The van der Waals surface area contributed by atoms with Crippen LogP contribution in [-0.4, -0.2) is 27.2 Å². The van der Waals surface area contributed by atoms with E-state index in [9.17, 15) is 4.79 Å². The Balaban J connectivity index is 2.25. The highest BCUT2D eigenvalue weighted by molar-refractivity contribution is 6.31. The number of ether oxygens (including phenoxy) is 3. The van der Waals surface area contributed by atoms with Crippen molar-refractivity contribution >= 4 is 17.5 Å². The van der Waals surface area contributed by atoms with Crippen molar-refractivity contribution in [1.82, 2.24) is 5.32 Å². The van der Waals surface area contributed by atoms with Crippen molar-refractivity contribution in [1.29, 1.82) is 0 Å². The maximum absolute atomic E-state index is 12.6. The number of methoxy groups -OCH3 is 3. The van der Waals surface area contributed by atoms with Crippen molar-refractivity contribution in [3.63, 3.8) is 0 Å². The van der Waals surface area contributed by atoms with Gasteiger partial charge in [-0.25, -0.2) is 0 Å². The van der Waals surface area contributed by atoms with Crippen LogP contribution in [0.3, 0.4) is 0 Å². The van der Waals surface area contributed by atoms with E-state index in [2.05, 4.69) is 5.32 Å². The van der Waals surface area contributed by atoms with Gasteiger partial charge in [-0.2, -0.15) is 0 Å². The SMILES string of the molecule is COc1cc(C)c(Cl)cc1CNC(=O)c1c(OC)cccc1OC. The lowest BCUT2D eigenvalue weighted by Crippen LogP contribution is -2.24. The van der Waals surface area contributed by atoms with Crippen molar-refractivity contribution in [3.8, 4) is 17.2 Å². The van der Waals surface area contributed by atoms with Crippen LogP contribution in [0, 0.1) is 6.92 Å². The molecule has 0 radical (unpaired) electrons. The van der Waals surface area contributed by atoms with Gasteiger partial charge in [0.15, 0.2) is 0 Å². The number of carbonyl (C=O) groups excluding carboxylic acids is 1. The third kappa shape index (κ3) is 3.74. The van der Waals surface area contributed by atoms with Crippen molar-refractivity contribution < 1.29 is 19.0 Å². The molecule has 2 aromatic rings. The van der Waals surface area contributed by atoms with Gasteiger partial charge in [-0.15, -0.1) is 0 Å². The molecule has 0 aliphatic heterocycles. The molecule has 0 saturated carbocycles. The highest BCUT2D eigenvalue weighted by atomic mass is 35.5. The molecule has 2 rings (SSSR count). The number of aryl methyl sites for hydroxylation is 1. The van der Waals surface area contributed by atoms with Gasteiger partial charge < -0.3 is 19.5 Å². The number of hydrogen-bond acceptors (Lipinski definition) is 4. The second kappa shape index (κ2) is 7.93. The van der Waals surface area contributed by atoms with Crippen LogP contribution in [0.1, 0.15) is 21.5 Å². The molecular formula is C18H20ClNO4. The fraction of sp³-hybridized carbons (Fsp3) is 0.278. The third-order valence-corrected chi connectivity index (χ3v) is 4.06. The molecule has 0 atom stereocenters. The normalized spacial score (nSPS) is 10.2. The number of nitrogens with one attached hydrogen (secondary N) is 1. The number of hydrogen-bond donors (Lipinski definition) is 1. The van der Waals surface area contributed by atoms with Crippen LogP contribution in [0.4, 0.5) is 0 Å². The first kappa shape index (κ1) is 17.9. The smallest absolute Gasteiger partial charge is 0.259 e. The lowest BCUT2D eigenvalue weighted by Gasteiger charge is -2.15. The zero-order chi connectivity index (χ0) is 17.7. The number of rotatable bonds is 6. The fourth-order valence-electron chi connectivity index (χ4n) is 2.36. The lowest BCUT2D eigenvalue weighted by atomic mass is 10.1. The minimum atomic E-state index is -0.303. The molecule has 0 fully saturated rings. The van der Waals surface area contributed by atoms with Gasteiger partial charge in [0, 0.05) is 17.1 Å². The number of benzene rings is 2. The minimum Gasteiger partial charge on any atom is -0.496 e. The first-order chi connectivity index (χ1) is 11.5. The Kier molecular flexibility index (Phi) is 5.93. The molecule has 5 nitrogen and oxygen atoms in total. The fourth-order valence-corrected chi connectivity index (χ4v) is 2.55. The molecule has 2 aromatic carbocycles. The second-order valence-corrected chi connectivity index (χ2v) is 5.54. The zero-order valence-electron chi connectivity index (χ0n) is 14.1. The highest BCUT2D eigenvalue weighted by Crippen LogP contribution is 2.29. The van der Waals surface area contributed by atoms with Gasteiger partial charge in [-0.05, 0) is 36.8 Å². The summed E-state index contributed by atoms with van der Waals surface area (Å²) in [5.41, 5.74) is 2.05. The molecule has 0 bridgehead atoms. The summed E-state index contributed by atoms with van der Waals surface area (Å²) in [4.78, 5) is 12.6. The summed E-state index contributed by atoms with van der Waals surface area (Å²) in [6.07, 6.45) is 0. The Hall–Kier alpha value is -2.40. The summed E-state index contributed by atoms with van der Waals surface area (Å²) < 4.78 is 15.9. The lowest BCUT2D eigenvalue weighted by molar-refractivity contribution is 0.0944. The van der Waals surface area contributed by atoms with Crippen LogP contribution in [0.2, 0.25) is 5.02 Å². The van der Waals surface area contributed by atoms with Gasteiger partial charge in [-0.3, -0.25) is 4.79 Å². The molecule has 128 valence electrons. The van der Waals surface area contributed by atoms with Crippen LogP contribution in [0.15, 0.2) is 30.3 Å². The largest absolute Gasteiger partial charge is 0.496 e. The Bertz CT molecular complexity index is 724. The van der Waals surface area contributed by atoms with Crippen molar-refractivity contribution in [3.05, 3.63) is 52.0 Å². The second-order valence-electron chi connectivity index (χ2n) is 5.13. The molecule has 24 heavy (non-hydrogen) atoms. The molecular weight excluding hydrogens is 330 g/mol. The molecule has 0 aliphatic rings. The number of amides is 1. The first-order valence-electron chi connectivity index (χ1n) is 7.34. The van der Waals surface area contributed by atoms with Crippen LogP contribution in [0.25, 0.3) is 0 Å². The Morgan fingerprint density at radius 3 is 2.17 bits per heavy atom. The maximum atomic E-state index is 12.6. The van der Waals surface area contributed by atoms with Gasteiger partial charge in [0.1, 0.15) is 22.8 Å². The van der Waals surface area contributed by atoms with E-state index in [-0.39, 0.29) is 12.5 Å². The van der Waals surface area contributed by atoms with Gasteiger partial charge in [-0.1, -0.05) is 17.7 Å². The summed E-state index contributed by atoms with van der Waals surface area (Å²) in [5.74, 6) is 1.26. The van der Waals surface area contributed by atoms with Crippen LogP contribution >= 0.6 is 11.6 Å². The molecule has 0 heterocycles. The summed E-state index contributed by atoms with van der Waals surface area (Å²) in [6.45, 7) is 2.16. The number of halogens is 1. The van der Waals surface area contributed by atoms with Gasteiger partial charge in [0.05, 0.1) is 21.3 Å². The first-order valence-corrected chi connectivity index (χ1v) is 7.71. The Morgan fingerprint density at radius 2 is 1.62 bits per heavy atom. The Labute approximate surface area is 146 Å². The van der Waals surface area contributed by atoms with E-state index >= 15 is 0 Å². The average Bonchev–Trinajstić information content (AvgIpc) is 2.61. The molecule has 0 aromatic heterocycles. The minimum absolute atomic E-state index is 0.267. The summed E-state index contributed by atoms with van der Waals surface area (Å²) in [5, 5.41) is 3.47. The van der Waals surface area contributed by atoms with E-state index in [1.165, 1.54) is 14.2 Å². The Morgan fingerprint density at radius 1 is 1.04 bits per heavy atom. The van der Waals surface area contributed by atoms with E-state index in [1.807, 2.05) is 13.0 Å². The topological polar surface area (TPSA) is 56.8 Å². The van der Waals surface area contributed by atoms with Crippen LogP contribution in [-0.2, 0) is 6.54 Å². The van der Waals surface area contributed by atoms with Crippen molar-refractivity contribution in [2.75, 3.05) is 21.3 Å². The van der Waals surface area contributed by atoms with Crippen LogP contribution < -0.4 is 19.5 Å². The molecule has 1 N–H and O–H groups in total. The van der Waals surface area contributed by atoms with E-state index in [0.29, 0.717) is 27.8 Å².